The molecule has 0 saturated heterocycles. The second kappa shape index (κ2) is 12.6. The molecule has 0 aliphatic rings. The summed E-state index contributed by atoms with van der Waals surface area (Å²) in [7, 11) is 4.78. The smallest absolute Gasteiger partial charge is 0.254 e. The number of rotatable bonds is 12. The Morgan fingerprint density at radius 2 is 1.66 bits per heavy atom. The second-order valence-corrected chi connectivity index (χ2v) is 7.52. The van der Waals surface area contributed by atoms with Gasteiger partial charge in [-0.25, -0.2) is 0 Å². The fraction of sp³-hybridized carbons (Fsp3) is 0.440. The van der Waals surface area contributed by atoms with Crippen molar-refractivity contribution in [2.45, 2.75) is 39.2 Å². The molecule has 1 unspecified atom stereocenters. The van der Waals surface area contributed by atoms with Gasteiger partial charge in [-0.3, -0.25) is 9.59 Å². The van der Waals surface area contributed by atoms with Crippen LogP contribution in [-0.2, 0) is 11.2 Å². The SMILES string of the molecule is CCC(C)N(CCC(=O)NCCc1ccc(OC)c(OC)c1)C(=O)c1ccc(OC)cc1. The predicted molar refractivity (Wildman–Crippen MR) is 125 cm³/mol. The van der Waals surface area contributed by atoms with Crippen LogP contribution < -0.4 is 19.5 Å². The Balaban J connectivity index is 1.89. The van der Waals surface area contributed by atoms with Gasteiger partial charge in [0, 0.05) is 31.1 Å². The molecule has 0 fully saturated rings. The number of carbonyl (C=O) groups excluding carboxylic acids is 2. The lowest BCUT2D eigenvalue weighted by atomic mass is 10.1. The summed E-state index contributed by atoms with van der Waals surface area (Å²) >= 11 is 0. The molecule has 0 saturated carbocycles. The summed E-state index contributed by atoms with van der Waals surface area (Å²) in [4.78, 5) is 27.2. The molecule has 0 radical (unpaired) electrons. The van der Waals surface area contributed by atoms with Gasteiger partial charge in [-0.05, 0) is 61.7 Å². The largest absolute Gasteiger partial charge is 0.497 e. The highest BCUT2D eigenvalue weighted by molar-refractivity contribution is 5.94. The highest BCUT2D eigenvalue weighted by atomic mass is 16.5. The van der Waals surface area contributed by atoms with E-state index in [1.165, 1.54) is 0 Å². The van der Waals surface area contributed by atoms with E-state index in [2.05, 4.69) is 5.32 Å². The van der Waals surface area contributed by atoms with Crippen LogP contribution in [0.25, 0.3) is 0 Å². The number of methoxy groups -OCH3 is 3. The van der Waals surface area contributed by atoms with Gasteiger partial charge in [-0.15, -0.1) is 0 Å². The molecule has 1 N–H and O–H groups in total. The van der Waals surface area contributed by atoms with Crippen LogP contribution in [0.2, 0.25) is 0 Å². The van der Waals surface area contributed by atoms with E-state index in [1.807, 2.05) is 32.0 Å². The molecule has 0 aliphatic carbocycles. The molecular formula is C25H34N2O5. The van der Waals surface area contributed by atoms with Gasteiger partial charge >= 0.3 is 0 Å². The zero-order chi connectivity index (χ0) is 23.5. The van der Waals surface area contributed by atoms with Crippen LogP contribution in [0.5, 0.6) is 17.2 Å². The van der Waals surface area contributed by atoms with E-state index in [0.29, 0.717) is 42.3 Å². The van der Waals surface area contributed by atoms with Crippen molar-refractivity contribution < 1.29 is 23.8 Å². The fourth-order valence-corrected chi connectivity index (χ4v) is 3.33. The average Bonchev–Trinajstić information content (AvgIpc) is 2.83. The maximum atomic E-state index is 13.0. The summed E-state index contributed by atoms with van der Waals surface area (Å²) in [6.07, 6.45) is 1.73. The van der Waals surface area contributed by atoms with Crippen LogP contribution in [-0.4, -0.2) is 57.2 Å². The van der Waals surface area contributed by atoms with Gasteiger partial charge in [0.1, 0.15) is 5.75 Å². The molecule has 0 aliphatic heterocycles. The predicted octanol–water partition coefficient (Wildman–Crippen LogP) is 3.70. The van der Waals surface area contributed by atoms with E-state index in [1.54, 1.807) is 50.5 Å². The summed E-state index contributed by atoms with van der Waals surface area (Å²) in [5, 5.41) is 2.94. The van der Waals surface area contributed by atoms with Crippen LogP contribution in [0.3, 0.4) is 0 Å². The first kappa shape index (κ1) is 25.0. The Kier molecular flexibility index (Phi) is 9.85. The number of nitrogens with one attached hydrogen (secondary N) is 1. The zero-order valence-electron chi connectivity index (χ0n) is 19.6. The molecule has 0 heterocycles. The quantitative estimate of drug-likeness (QED) is 0.542. The number of hydrogen-bond donors (Lipinski definition) is 1. The van der Waals surface area contributed by atoms with Crippen LogP contribution in [0.4, 0.5) is 0 Å². The normalized spacial score (nSPS) is 11.4. The van der Waals surface area contributed by atoms with Crippen LogP contribution in [0.15, 0.2) is 42.5 Å². The Morgan fingerprint density at radius 1 is 0.969 bits per heavy atom. The molecule has 7 nitrogen and oxygen atoms in total. The Hall–Kier alpha value is -3.22. The van der Waals surface area contributed by atoms with Gasteiger partial charge in [-0.1, -0.05) is 13.0 Å². The Bertz CT molecular complexity index is 882. The molecule has 2 amide bonds. The topological polar surface area (TPSA) is 77.1 Å². The zero-order valence-corrected chi connectivity index (χ0v) is 19.6. The van der Waals surface area contributed by atoms with Crippen LogP contribution in [0, 0.1) is 0 Å². The lowest BCUT2D eigenvalue weighted by molar-refractivity contribution is -0.121. The highest BCUT2D eigenvalue weighted by Gasteiger charge is 2.21. The standard InChI is InChI=1S/C25H34N2O5/c1-6-18(2)27(25(29)20-8-10-21(30-3)11-9-20)16-14-24(28)26-15-13-19-7-12-22(31-4)23(17-19)32-5/h7-12,17-18H,6,13-16H2,1-5H3,(H,26,28). The minimum atomic E-state index is -0.0832. The van der Waals surface area contributed by atoms with E-state index in [0.717, 1.165) is 12.0 Å². The summed E-state index contributed by atoms with van der Waals surface area (Å²) in [6, 6.07) is 12.8. The summed E-state index contributed by atoms with van der Waals surface area (Å²) in [6.45, 7) is 4.89. The maximum Gasteiger partial charge on any atom is 0.254 e. The first-order valence-electron chi connectivity index (χ1n) is 10.9. The molecule has 0 bridgehead atoms. The first-order chi connectivity index (χ1) is 15.4. The van der Waals surface area contributed by atoms with Gasteiger partial charge in [0.25, 0.3) is 5.91 Å². The molecule has 2 aromatic carbocycles. The first-order valence-corrected chi connectivity index (χ1v) is 10.9. The van der Waals surface area contributed by atoms with E-state index < -0.39 is 0 Å². The van der Waals surface area contributed by atoms with Crippen molar-refractivity contribution >= 4 is 11.8 Å². The minimum absolute atomic E-state index is 0.0316. The molecule has 174 valence electrons. The van der Waals surface area contributed by atoms with Crippen molar-refractivity contribution in [3.8, 4) is 17.2 Å². The van der Waals surface area contributed by atoms with Crippen molar-refractivity contribution in [3.63, 3.8) is 0 Å². The van der Waals surface area contributed by atoms with Crippen LogP contribution >= 0.6 is 0 Å². The fourth-order valence-electron chi connectivity index (χ4n) is 3.33. The average molecular weight is 443 g/mol. The van der Waals surface area contributed by atoms with Crippen molar-refractivity contribution in [1.82, 2.24) is 10.2 Å². The third-order valence-corrected chi connectivity index (χ3v) is 5.48. The summed E-state index contributed by atoms with van der Waals surface area (Å²) in [5.41, 5.74) is 1.62. The van der Waals surface area contributed by atoms with E-state index in [4.69, 9.17) is 14.2 Å². The second-order valence-electron chi connectivity index (χ2n) is 7.52. The van der Waals surface area contributed by atoms with E-state index >= 15 is 0 Å². The molecule has 1 atom stereocenters. The molecule has 7 heteroatoms. The molecule has 32 heavy (non-hydrogen) atoms. The van der Waals surface area contributed by atoms with Gasteiger partial charge in [-0.2, -0.15) is 0 Å². The number of ether oxygens (including phenoxy) is 3. The highest BCUT2D eigenvalue weighted by Crippen LogP contribution is 2.27. The van der Waals surface area contributed by atoms with Crippen molar-refractivity contribution in [1.29, 1.82) is 0 Å². The summed E-state index contributed by atoms with van der Waals surface area (Å²) in [5.74, 6) is 1.87. The molecule has 0 aromatic heterocycles. The van der Waals surface area contributed by atoms with Gasteiger partial charge < -0.3 is 24.4 Å². The van der Waals surface area contributed by atoms with Crippen molar-refractivity contribution in [3.05, 3.63) is 53.6 Å². The Morgan fingerprint density at radius 3 is 2.25 bits per heavy atom. The van der Waals surface area contributed by atoms with Crippen LogP contribution in [0.1, 0.15) is 42.6 Å². The van der Waals surface area contributed by atoms with Crippen molar-refractivity contribution in [2.75, 3.05) is 34.4 Å². The Labute approximate surface area is 190 Å². The molecule has 2 aromatic rings. The van der Waals surface area contributed by atoms with Gasteiger partial charge in [0.2, 0.25) is 5.91 Å². The van der Waals surface area contributed by atoms with E-state index in [-0.39, 0.29) is 24.3 Å². The van der Waals surface area contributed by atoms with Gasteiger partial charge in [0.05, 0.1) is 21.3 Å². The molecule has 2 rings (SSSR count). The number of benzene rings is 2. The van der Waals surface area contributed by atoms with Crippen molar-refractivity contribution in [2.24, 2.45) is 0 Å². The molecule has 0 spiro atoms. The number of nitrogens with zero attached hydrogens (tertiary/aromatic N) is 1. The third-order valence-electron chi connectivity index (χ3n) is 5.48. The summed E-state index contributed by atoms with van der Waals surface area (Å²) < 4.78 is 15.7. The van der Waals surface area contributed by atoms with E-state index in [9.17, 15) is 9.59 Å². The maximum absolute atomic E-state index is 13.0. The number of hydrogen-bond acceptors (Lipinski definition) is 5. The lowest BCUT2D eigenvalue weighted by Gasteiger charge is -2.28. The van der Waals surface area contributed by atoms with Gasteiger partial charge in [0.15, 0.2) is 11.5 Å². The third kappa shape index (κ3) is 6.90. The molecular weight excluding hydrogens is 408 g/mol. The number of carbonyl (C=O) groups is 2. The monoisotopic (exact) mass is 442 g/mol. The number of amides is 2. The lowest BCUT2D eigenvalue weighted by Crippen LogP contribution is -2.41. The minimum Gasteiger partial charge on any atom is -0.497 e.